The van der Waals surface area contributed by atoms with E-state index in [1.165, 1.54) is 18.2 Å². The minimum absolute atomic E-state index is 0.0663. The van der Waals surface area contributed by atoms with E-state index in [-0.39, 0.29) is 23.6 Å². The van der Waals surface area contributed by atoms with E-state index in [2.05, 4.69) is 4.74 Å². The minimum atomic E-state index is -4.40. The average Bonchev–Trinajstić information content (AvgIpc) is 2.48. The number of ether oxygens (including phenoxy) is 2. The van der Waals surface area contributed by atoms with Crippen molar-refractivity contribution >= 4 is 35.1 Å². The molecule has 0 bridgehead atoms. The molecule has 1 aromatic carbocycles. The molecular weight excluding hydrogens is 379 g/mol. The van der Waals surface area contributed by atoms with Crippen molar-refractivity contribution < 1.29 is 36.6 Å². The average molecular weight is 391 g/mol. The number of halogens is 6. The van der Waals surface area contributed by atoms with Crippen LogP contribution in [0.1, 0.15) is 19.3 Å². The van der Waals surface area contributed by atoms with Gasteiger partial charge in [0.15, 0.2) is 6.61 Å². The predicted octanol–water partition coefficient (Wildman–Crippen LogP) is 4.51. The summed E-state index contributed by atoms with van der Waals surface area (Å²) < 4.78 is 57.8. The van der Waals surface area contributed by atoms with E-state index in [1.54, 1.807) is 0 Å². The molecule has 0 spiro atoms. The van der Waals surface area contributed by atoms with E-state index in [9.17, 15) is 27.2 Å². The van der Waals surface area contributed by atoms with Crippen LogP contribution < -0.4 is 4.74 Å². The molecule has 24 heavy (non-hydrogen) atoms. The zero-order valence-corrected chi connectivity index (χ0v) is 13.6. The maximum absolute atomic E-state index is 12.5. The molecule has 0 aliphatic heterocycles. The second kappa shape index (κ2) is 9.08. The fourth-order valence-corrected chi connectivity index (χ4v) is 1.87. The lowest BCUT2D eigenvalue weighted by Gasteiger charge is -2.14. The van der Waals surface area contributed by atoms with Gasteiger partial charge in [-0.3, -0.25) is 9.59 Å². The Labute approximate surface area is 144 Å². The van der Waals surface area contributed by atoms with Crippen LogP contribution >= 0.6 is 23.2 Å². The number of esters is 2. The smallest absolute Gasteiger partial charge is 0.340 e. The van der Waals surface area contributed by atoms with Crippen LogP contribution in [0.25, 0.3) is 0 Å². The lowest BCUT2D eigenvalue weighted by molar-refractivity contribution is -0.179. The summed E-state index contributed by atoms with van der Waals surface area (Å²) in [6.45, 7) is -1.71. The van der Waals surface area contributed by atoms with Crippen molar-refractivity contribution in [1.82, 2.24) is 0 Å². The molecule has 1 aromatic rings. The van der Waals surface area contributed by atoms with E-state index in [1.807, 2.05) is 0 Å². The SMILES string of the molecule is O=C(CCCC(=O)Oc1ccc(Cl)cc1Cl)OCC(F)(F)C(F)F. The Kier molecular flexibility index (Phi) is 7.75. The van der Waals surface area contributed by atoms with Gasteiger partial charge >= 0.3 is 24.3 Å². The Morgan fingerprint density at radius 1 is 1.12 bits per heavy atom. The first-order valence-electron chi connectivity index (χ1n) is 6.59. The Balaban J connectivity index is 2.31. The molecule has 0 fully saturated rings. The molecule has 0 saturated carbocycles. The van der Waals surface area contributed by atoms with Gasteiger partial charge in [0.2, 0.25) is 0 Å². The highest BCUT2D eigenvalue weighted by Gasteiger charge is 2.42. The number of hydrogen-bond donors (Lipinski definition) is 0. The van der Waals surface area contributed by atoms with Crippen molar-refractivity contribution in [2.24, 2.45) is 0 Å². The largest absolute Gasteiger partial charge is 0.459 e. The van der Waals surface area contributed by atoms with Crippen LogP contribution in [0.15, 0.2) is 18.2 Å². The normalized spacial score (nSPS) is 11.5. The van der Waals surface area contributed by atoms with Gasteiger partial charge in [-0.1, -0.05) is 23.2 Å². The molecule has 0 saturated heterocycles. The monoisotopic (exact) mass is 390 g/mol. The Morgan fingerprint density at radius 3 is 2.33 bits per heavy atom. The molecule has 0 aromatic heterocycles. The van der Waals surface area contributed by atoms with Crippen LogP contribution in [0.2, 0.25) is 10.0 Å². The molecular formula is C14H12Cl2F4O4. The van der Waals surface area contributed by atoms with Gasteiger partial charge < -0.3 is 9.47 Å². The van der Waals surface area contributed by atoms with E-state index in [0.717, 1.165) is 0 Å². The molecule has 0 atom stereocenters. The highest BCUT2D eigenvalue weighted by Crippen LogP contribution is 2.28. The summed E-state index contributed by atoms with van der Waals surface area (Å²) in [5.74, 6) is -6.16. The number of benzene rings is 1. The lowest BCUT2D eigenvalue weighted by atomic mass is 10.2. The fourth-order valence-electron chi connectivity index (χ4n) is 1.42. The van der Waals surface area contributed by atoms with Crippen molar-refractivity contribution in [1.29, 1.82) is 0 Å². The number of alkyl halides is 4. The molecule has 0 aliphatic carbocycles. The topological polar surface area (TPSA) is 52.6 Å². The highest BCUT2D eigenvalue weighted by molar-refractivity contribution is 6.35. The van der Waals surface area contributed by atoms with Crippen molar-refractivity contribution in [2.75, 3.05) is 6.61 Å². The molecule has 0 aliphatic rings. The molecule has 0 heterocycles. The number of carbonyl (C=O) groups excluding carboxylic acids is 2. The predicted molar refractivity (Wildman–Crippen MR) is 77.9 cm³/mol. The Hall–Kier alpha value is -1.54. The summed E-state index contributed by atoms with van der Waals surface area (Å²) in [7, 11) is 0. The van der Waals surface area contributed by atoms with Gasteiger partial charge in [0.25, 0.3) is 0 Å². The van der Waals surface area contributed by atoms with Gasteiger partial charge in [-0.05, 0) is 24.6 Å². The summed E-state index contributed by atoms with van der Waals surface area (Å²) in [4.78, 5) is 22.7. The molecule has 10 heteroatoms. The van der Waals surface area contributed by atoms with E-state index >= 15 is 0 Å². The van der Waals surface area contributed by atoms with Gasteiger partial charge in [-0.25, -0.2) is 8.78 Å². The zero-order valence-electron chi connectivity index (χ0n) is 12.0. The first-order valence-corrected chi connectivity index (χ1v) is 7.34. The molecule has 0 unspecified atom stereocenters. The summed E-state index contributed by atoms with van der Waals surface area (Å²) in [6.07, 6.45) is -4.62. The fraction of sp³-hybridized carbons (Fsp3) is 0.429. The number of hydrogen-bond acceptors (Lipinski definition) is 4. The standard InChI is InChI=1S/C14H12Cl2F4O4/c15-8-4-5-10(9(16)6-8)24-12(22)3-1-2-11(21)23-7-14(19,20)13(17)18/h4-6,13H,1-3,7H2. The van der Waals surface area contributed by atoms with Gasteiger partial charge in [0.05, 0.1) is 5.02 Å². The maximum atomic E-state index is 12.5. The summed E-state index contributed by atoms with van der Waals surface area (Å²) in [5.41, 5.74) is 0. The summed E-state index contributed by atoms with van der Waals surface area (Å²) >= 11 is 11.5. The first kappa shape index (κ1) is 20.5. The number of rotatable bonds is 8. The second-order valence-corrected chi connectivity index (χ2v) is 5.47. The summed E-state index contributed by atoms with van der Waals surface area (Å²) in [5, 5.41) is 0.465. The van der Waals surface area contributed by atoms with Gasteiger partial charge in [-0.15, -0.1) is 0 Å². The van der Waals surface area contributed by atoms with E-state index < -0.39 is 37.3 Å². The Morgan fingerprint density at radius 2 is 1.75 bits per heavy atom. The molecule has 0 radical (unpaired) electrons. The Bertz CT molecular complexity index is 596. The molecule has 0 N–H and O–H groups in total. The van der Waals surface area contributed by atoms with Crippen LogP contribution in [-0.4, -0.2) is 30.9 Å². The molecule has 1 rings (SSSR count). The lowest BCUT2D eigenvalue weighted by Crippen LogP contribution is -2.33. The third-order valence-electron chi connectivity index (χ3n) is 2.62. The van der Waals surface area contributed by atoms with Crippen molar-refractivity contribution in [3.8, 4) is 5.75 Å². The summed E-state index contributed by atoms with van der Waals surface area (Å²) in [6, 6.07) is 4.20. The minimum Gasteiger partial charge on any atom is -0.459 e. The van der Waals surface area contributed by atoms with E-state index in [4.69, 9.17) is 27.9 Å². The van der Waals surface area contributed by atoms with Crippen LogP contribution in [-0.2, 0) is 14.3 Å². The first-order chi connectivity index (χ1) is 11.1. The van der Waals surface area contributed by atoms with Gasteiger partial charge in [-0.2, -0.15) is 8.78 Å². The van der Waals surface area contributed by atoms with Gasteiger partial charge in [0, 0.05) is 17.9 Å². The van der Waals surface area contributed by atoms with Gasteiger partial charge in [0.1, 0.15) is 5.75 Å². The highest BCUT2D eigenvalue weighted by atomic mass is 35.5. The number of carbonyl (C=O) groups is 2. The van der Waals surface area contributed by atoms with Crippen LogP contribution in [0, 0.1) is 0 Å². The third kappa shape index (κ3) is 6.92. The quantitative estimate of drug-likeness (QED) is 0.372. The van der Waals surface area contributed by atoms with Crippen LogP contribution in [0.4, 0.5) is 17.6 Å². The molecule has 4 nitrogen and oxygen atoms in total. The molecule has 134 valence electrons. The van der Waals surface area contributed by atoms with Crippen LogP contribution in [0.5, 0.6) is 5.75 Å². The van der Waals surface area contributed by atoms with Crippen LogP contribution in [0.3, 0.4) is 0 Å². The maximum Gasteiger partial charge on any atom is 0.340 e. The van der Waals surface area contributed by atoms with Crippen molar-refractivity contribution in [3.05, 3.63) is 28.2 Å². The van der Waals surface area contributed by atoms with E-state index in [0.29, 0.717) is 5.02 Å². The van der Waals surface area contributed by atoms with Crippen molar-refractivity contribution in [3.63, 3.8) is 0 Å². The zero-order chi connectivity index (χ0) is 18.3. The third-order valence-corrected chi connectivity index (χ3v) is 3.15. The second-order valence-electron chi connectivity index (χ2n) is 4.62. The molecule has 0 amide bonds. The van der Waals surface area contributed by atoms with Crippen molar-refractivity contribution in [2.45, 2.75) is 31.6 Å².